The van der Waals surface area contributed by atoms with Gasteiger partial charge in [-0.1, -0.05) is 6.92 Å². The number of hydrogen-bond donors (Lipinski definition) is 1. The summed E-state index contributed by atoms with van der Waals surface area (Å²) in [4.78, 5) is 29.7. The zero-order chi connectivity index (χ0) is 25.5. The predicted molar refractivity (Wildman–Crippen MR) is 138 cm³/mol. The molecular weight excluding hydrogens is 461 g/mol. The molecule has 36 heavy (non-hydrogen) atoms. The molecule has 1 aliphatic heterocycles. The van der Waals surface area contributed by atoms with Crippen LogP contribution in [0.2, 0.25) is 0 Å². The number of esters is 1. The minimum absolute atomic E-state index is 0.271. The number of rotatable bonds is 8. The molecule has 0 bridgehead atoms. The standard InChI is InChI=1S/C28H30FN3O4/c1-3-31-15-17-32(18-16-31)25-12-7-21(28(34)35-4-2)19-24(25)30-27(33)14-11-23-10-13-26(36-23)20-5-8-22(29)9-6-20/h5-14,19H,3-4,15-18H2,1-2H3,(H,30,33)/b14-11+. The molecule has 4 rings (SSSR count). The van der Waals surface area contributed by atoms with Crippen LogP contribution in [0.4, 0.5) is 15.8 Å². The smallest absolute Gasteiger partial charge is 0.338 e. The Morgan fingerprint density at radius 2 is 1.78 bits per heavy atom. The highest BCUT2D eigenvalue weighted by Gasteiger charge is 2.20. The van der Waals surface area contributed by atoms with Gasteiger partial charge in [0.1, 0.15) is 17.3 Å². The van der Waals surface area contributed by atoms with Gasteiger partial charge < -0.3 is 24.3 Å². The molecule has 188 valence electrons. The number of likely N-dealkylation sites (N-methyl/N-ethyl adjacent to an activating group) is 1. The number of piperazine rings is 1. The van der Waals surface area contributed by atoms with E-state index in [9.17, 15) is 14.0 Å². The largest absolute Gasteiger partial charge is 0.462 e. The van der Waals surface area contributed by atoms with Crippen molar-refractivity contribution in [3.63, 3.8) is 0 Å². The van der Waals surface area contributed by atoms with Crippen LogP contribution >= 0.6 is 0 Å². The molecule has 0 spiro atoms. The quantitative estimate of drug-likeness (QED) is 0.351. The summed E-state index contributed by atoms with van der Waals surface area (Å²) in [5.41, 5.74) is 2.52. The van der Waals surface area contributed by atoms with E-state index in [0.717, 1.165) is 44.0 Å². The number of anilines is 2. The summed E-state index contributed by atoms with van der Waals surface area (Å²) in [7, 11) is 0. The molecular formula is C28H30FN3O4. The van der Waals surface area contributed by atoms with Crippen molar-refractivity contribution in [2.24, 2.45) is 0 Å². The van der Waals surface area contributed by atoms with Crippen molar-refractivity contribution in [3.05, 3.63) is 77.8 Å². The van der Waals surface area contributed by atoms with Crippen molar-refractivity contribution < 1.29 is 23.1 Å². The maximum absolute atomic E-state index is 13.2. The summed E-state index contributed by atoms with van der Waals surface area (Å²) < 4.78 is 24.1. The summed E-state index contributed by atoms with van der Waals surface area (Å²) in [6.45, 7) is 8.67. The highest BCUT2D eigenvalue weighted by Crippen LogP contribution is 2.29. The molecule has 2 heterocycles. The van der Waals surface area contributed by atoms with Crippen LogP contribution in [-0.4, -0.2) is 56.1 Å². The topological polar surface area (TPSA) is 75.0 Å². The zero-order valence-corrected chi connectivity index (χ0v) is 20.5. The number of nitrogens with zero attached hydrogens (tertiary/aromatic N) is 2. The summed E-state index contributed by atoms with van der Waals surface area (Å²) in [5, 5.41) is 2.91. The third-order valence-corrected chi connectivity index (χ3v) is 6.08. The molecule has 1 amide bonds. The summed E-state index contributed by atoms with van der Waals surface area (Å²) in [6.07, 6.45) is 2.94. The number of ether oxygens (including phenoxy) is 1. The van der Waals surface area contributed by atoms with Crippen LogP contribution in [0.1, 0.15) is 30.0 Å². The molecule has 0 unspecified atom stereocenters. The molecule has 1 fully saturated rings. The normalized spacial score (nSPS) is 14.2. The van der Waals surface area contributed by atoms with Crippen LogP contribution in [0, 0.1) is 5.82 Å². The Morgan fingerprint density at radius 1 is 1.03 bits per heavy atom. The highest BCUT2D eigenvalue weighted by atomic mass is 19.1. The molecule has 2 aromatic carbocycles. The Hall–Kier alpha value is -3.91. The van der Waals surface area contributed by atoms with Crippen LogP contribution in [0.5, 0.6) is 0 Å². The van der Waals surface area contributed by atoms with Gasteiger partial charge in [0.25, 0.3) is 0 Å². The van der Waals surface area contributed by atoms with E-state index in [0.29, 0.717) is 22.8 Å². The second kappa shape index (κ2) is 11.7. The van der Waals surface area contributed by atoms with Crippen molar-refractivity contribution in [1.29, 1.82) is 0 Å². The van der Waals surface area contributed by atoms with Crippen LogP contribution in [0.25, 0.3) is 17.4 Å². The lowest BCUT2D eigenvalue weighted by atomic mass is 10.1. The molecule has 3 aromatic rings. The van der Waals surface area contributed by atoms with Gasteiger partial charge in [-0.25, -0.2) is 9.18 Å². The first-order chi connectivity index (χ1) is 17.5. The number of nitrogens with one attached hydrogen (secondary N) is 1. The predicted octanol–water partition coefficient (Wildman–Crippen LogP) is 5.06. The van der Waals surface area contributed by atoms with Gasteiger partial charge in [-0.2, -0.15) is 0 Å². The van der Waals surface area contributed by atoms with E-state index in [-0.39, 0.29) is 18.3 Å². The first-order valence-corrected chi connectivity index (χ1v) is 12.1. The first kappa shape index (κ1) is 25.2. The molecule has 0 saturated carbocycles. The highest BCUT2D eigenvalue weighted by molar-refractivity contribution is 6.05. The Kier molecular flexibility index (Phi) is 8.17. The molecule has 8 heteroatoms. The van der Waals surface area contributed by atoms with Crippen molar-refractivity contribution in [2.75, 3.05) is 49.5 Å². The molecule has 1 N–H and O–H groups in total. The van der Waals surface area contributed by atoms with Crippen molar-refractivity contribution in [2.45, 2.75) is 13.8 Å². The third-order valence-electron chi connectivity index (χ3n) is 6.08. The summed E-state index contributed by atoms with van der Waals surface area (Å²) in [5.74, 6) is -0.0499. The Balaban J connectivity index is 1.50. The van der Waals surface area contributed by atoms with Gasteiger partial charge >= 0.3 is 5.97 Å². The fraction of sp³-hybridized carbons (Fsp3) is 0.286. The molecule has 0 aliphatic carbocycles. The molecule has 1 aromatic heterocycles. The molecule has 0 atom stereocenters. The van der Waals surface area contributed by atoms with E-state index in [2.05, 4.69) is 22.0 Å². The number of carbonyl (C=O) groups excluding carboxylic acids is 2. The van der Waals surface area contributed by atoms with Gasteiger partial charge in [-0.15, -0.1) is 0 Å². The molecule has 1 saturated heterocycles. The first-order valence-electron chi connectivity index (χ1n) is 12.1. The molecule has 0 radical (unpaired) electrons. The van der Waals surface area contributed by atoms with Crippen molar-refractivity contribution >= 4 is 29.3 Å². The van der Waals surface area contributed by atoms with Gasteiger partial charge in [-0.05, 0) is 74.1 Å². The minimum Gasteiger partial charge on any atom is -0.462 e. The molecule has 7 nitrogen and oxygen atoms in total. The van der Waals surface area contributed by atoms with E-state index < -0.39 is 5.97 Å². The second-order valence-corrected chi connectivity index (χ2v) is 8.41. The lowest BCUT2D eigenvalue weighted by Gasteiger charge is -2.36. The van der Waals surface area contributed by atoms with Crippen LogP contribution in [0.15, 0.2) is 65.1 Å². The van der Waals surface area contributed by atoms with Crippen molar-refractivity contribution in [3.8, 4) is 11.3 Å². The minimum atomic E-state index is -0.435. The van der Waals surface area contributed by atoms with Gasteiger partial charge in [0.15, 0.2) is 0 Å². The Labute approximate surface area is 210 Å². The lowest BCUT2D eigenvalue weighted by Crippen LogP contribution is -2.46. The Morgan fingerprint density at radius 3 is 2.47 bits per heavy atom. The fourth-order valence-corrected chi connectivity index (χ4v) is 4.10. The van der Waals surface area contributed by atoms with E-state index >= 15 is 0 Å². The van der Waals surface area contributed by atoms with Gasteiger partial charge in [-0.3, -0.25) is 4.79 Å². The zero-order valence-electron chi connectivity index (χ0n) is 20.5. The summed E-state index contributed by atoms with van der Waals surface area (Å²) >= 11 is 0. The lowest BCUT2D eigenvalue weighted by molar-refractivity contribution is -0.111. The number of halogens is 1. The van der Waals surface area contributed by atoms with Gasteiger partial charge in [0.05, 0.1) is 23.5 Å². The van der Waals surface area contributed by atoms with E-state index in [1.807, 2.05) is 6.07 Å². The van der Waals surface area contributed by atoms with Gasteiger partial charge in [0, 0.05) is 37.8 Å². The van der Waals surface area contributed by atoms with Gasteiger partial charge in [0.2, 0.25) is 5.91 Å². The van der Waals surface area contributed by atoms with E-state index in [1.165, 1.54) is 18.2 Å². The maximum atomic E-state index is 13.2. The monoisotopic (exact) mass is 491 g/mol. The van der Waals surface area contributed by atoms with Crippen LogP contribution in [0.3, 0.4) is 0 Å². The average Bonchev–Trinajstić information content (AvgIpc) is 3.37. The Bertz CT molecular complexity index is 1230. The number of amides is 1. The number of benzene rings is 2. The fourth-order valence-electron chi connectivity index (χ4n) is 4.10. The van der Waals surface area contributed by atoms with Crippen LogP contribution in [-0.2, 0) is 9.53 Å². The van der Waals surface area contributed by atoms with Crippen molar-refractivity contribution in [1.82, 2.24) is 4.90 Å². The third kappa shape index (κ3) is 6.20. The average molecular weight is 492 g/mol. The molecule has 1 aliphatic rings. The SMILES string of the molecule is CCOC(=O)c1ccc(N2CCN(CC)CC2)c(NC(=O)/C=C/c2ccc(-c3ccc(F)cc3)o2)c1. The number of carbonyl (C=O) groups is 2. The van der Waals surface area contributed by atoms with Crippen LogP contribution < -0.4 is 10.2 Å². The van der Waals surface area contributed by atoms with E-state index in [4.69, 9.17) is 9.15 Å². The number of hydrogen-bond acceptors (Lipinski definition) is 6. The van der Waals surface area contributed by atoms with E-state index in [1.54, 1.807) is 49.4 Å². The summed E-state index contributed by atoms with van der Waals surface area (Å²) in [6, 6.07) is 14.7. The maximum Gasteiger partial charge on any atom is 0.338 e. The number of furan rings is 1. The second-order valence-electron chi connectivity index (χ2n) is 8.41.